The van der Waals surface area contributed by atoms with Crippen LogP contribution in [0, 0.1) is 13.8 Å². The molecule has 56 heavy (non-hydrogen) atoms. The Morgan fingerprint density at radius 3 is 1.32 bits per heavy atom. The monoisotopic (exact) mass is 774 g/mol. The lowest BCUT2D eigenvalue weighted by Crippen LogP contribution is -2.13. The number of fused-ring (bicyclic) bond motifs is 4. The summed E-state index contributed by atoms with van der Waals surface area (Å²) in [6.07, 6.45) is 0.947. The Bertz CT molecular complexity index is 2510. The second-order valence-corrected chi connectivity index (χ2v) is 17.5. The van der Waals surface area contributed by atoms with Gasteiger partial charge in [0, 0.05) is 47.2 Å². The Morgan fingerprint density at radius 2 is 0.750 bits per heavy atom. The van der Waals surface area contributed by atoms with E-state index >= 15 is 0 Å². The van der Waals surface area contributed by atoms with Gasteiger partial charge in [-0.3, -0.25) is 0 Å². The van der Waals surface area contributed by atoms with Gasteiger partial charge in [-0.1, -0.05) is 143 Å². The van der Waals surface area contributed by atoms with Gasteiger partial charge in [-0.25, -0.2) is 0 Å². The third-order valence-electron chi connectivity index (χ3n) is 10.5. The predicted molar refractivity (Wildman–Crippen MR) is 239 cm³/mol. The van der Waals surface area contributed by atoms with Gasteiger partial charge in [-0.05, 0) is 127 Å². The number of benzene rings is 8. The molecule has 0 unspecified atom stereocenters. The number of hydrogen-bond acceptors (Lipinski definition) is 5. The van der Waals surface area contributed by atoms with Gasteiger partial charge in [-0.2, -0.15) is 0 Å². The van der Waals surface area contributed by atoms with Gasteiger partial charge in [0.1, 0.15) is 0 Å². The summed E-state index contributed by atoms with van der Waals surface area (Å²) < 4.78 is 0. The number of hydrogen-bond donors (Lipinski definition) is 0. The van der Waals surface area contributed by atoms with Crippen LogP contribution in [0.4, 0.5) is 34.1 Å². The van der Waals surface area contributed by atoms with Gasteiger partial charge in [0.25, 0.3) is 0 Å². The summed E-state index contributed by atoms with van der Waals surface area (Å²) >= 11 is 5.61. The molecular weight excluding hydrogens is 737 g/mol. The topological polar surface area (TPSA) is 6.48 Å². The van der Waals surface area contributed by atoms with Crippen molar-refractivity contribution in [2.75, 3.05) is 9.80 Å². The van der Waals surface area contributed by atoms with Crippen molar-refractivity contribution in [3.05, 3.63) is 204 Å². The third kappa shape index (κ3) is 6.60. The normalized spacial score (nSPS) is 12.5. The first-order chi connectivity index (χ1) is 27.6. The van der Waals surface area contributed by atoms with Crippen molar-refractivity contribution in [1.29, 1.82) is 0 Å². The number of nitrogens with zero attached hydrogens (tertiary/aromatic N) is 2. The van der Waals surface area contributed by atoms with Gasteiger partial charge in [0.05, 0.1) is 16.3 Å². The minimum absolute atomic E-state index is 0.947. The molecule has 0 aromatic heterocycles. The van der Waals surface area contributed by atoms with E-state index in [-0.39, 0.29) is 0 Å². The second-order valence-electron chi connectivity index (χ2n) is 14.3. The zero-order valence-corrected chi connectivity index (χ0v) is 33.6. The fourth-order valence-corrected chi connectivity index (χ4v) is 11.2. The highest BCUT2D eigenvalue weighted by molar-refractivity contribution is 8.05. The minimum Gasteiger partial charge on any atom is -0.309 e. The summed E-state index contributed by atoms with van der Waals surface area (Å²) in [6.45, 7) is 4.30. The van der Waals surface area contributed by atoms with E-state index in [9.17, 15) is 0 Å². The van der Waals surface area contributed by atoms with Crippen LogP contribution in [0.2, 0.25) is 0 Å². The van der Waals surface area contributed by atoms with Crippen LogP contribution in [0.3, 0.4) is 0 Å². The van der Waals surface area contributed by atoms with Crippen molar-refractivity contribution >= 4 is 69.4 Å². The van der Waals surface area contributed by atoms with E-state index in [0.717, 1.165) is 29.2 Å². The van der Waals surface area contributed by atoms with Crippen molar-refractivity contribution < 1.29 is 0 Å². The van der Waals surface area contributed by atoms with E-state index in [2.05, 4.69) is 206 Å². The maximum absolute atomic E-state index is 2.42. The maximum Gasteiger partial charge on any atom is 0.0612 e. The molecule has 0 atom stereocenters. The fraction of sp³-hybridized carbons (Fsp3) is 0.0588. The molecule has 0 fully saturated rings. The van der Waals surface area contributed by atoms with Crippen molar-refractivity contribution in [2.45, 2.75) is 49.6 Å². The molecule has 2 heterocycles. The fourth-order valence-electron chi connectivity index (χ4n) is 7.63. The highest BCUT2D eigenvalue weighted by atomic mass is 32.2. The molecule has 10 rings (SSSR count). The standard InChI is InChI=1S/C51H38N2S3/c1-34-17-25-40(26-18-34)52(44-11-7-10-39-33-38-9-3-4-13-46(38)55-50(39)44)42-29-21-36(22-30-42)37-23-31-43(32-24-37)53(41-27-19-35(2)20-28-41)45-12-8-16-49-51(45)56-48-15-6-5-14-47(48)54-49/h3-32H,33H2,1-2H3. The van der Waals surface area contributed by atoms with Crippen LogP contribution in [-0.2, 0) is 6.42 Å². The van der Waals surface area contributed by atoms with Gasteiger partial charge in [0.15, 0.2) is 0 Å². The molecule has 0 radical (unpaired) electrons. The van der Waals surface area contributed by atoms with Crippen LogP contribution >= 0.6 is 35.3 Å². The molecule has 2 aliphatic rings. The molecule has 0 saturated carbocycles. The lowest BCUT2D eigenvalue weighted by molar-refractivity contribution is 1.04. The molecular formula is C51H38N2S3. The average molecular weight is 775 g/mol. The quantitative estimate of drug-likeness (QED) is 0.159. The highest BCUT2D eigenvalue weighted by Gasteiger charge is 2.25. The zero-order valence-electron chi connectivity index (χ0n) is 31.1. The molecule has 0 bridgehead atoms. The predicted octanol–water partition coefficient (Wildman–Crippen LogP) is 15.6. The Hall–Kier alpha value is -5.59. The SMILES string of the molecule is Cc1ccc(N(c2ccc(-c3ccc(N(c4ccc(C)cc4)c4cccc5c4Sc4ccccc4S5)cc3)cc2)c2cccc3c2Sc2ccccc2C3)cc1. The first-order valence-corrected chi connectivity index (χ1v) is 21.4. The molecule has 5 heteroatoms. The Balaban J connectivity index is 0.996. The first kappa shape index (κ1) is 34.9. The molecule has 2 aliphatic heterocycles. The van der Waals surface area contributed by atoms with Crippen LogP contribution in [0.5, 0.6) is 0 Å². The van der Waals surface area contributed by atoms with Crippen LogP contribution in [0.15, 0.2) is 211 Å². The molecule has 0 amide bonds. The van der Waals surface area contributed by atoms with E-state index in [1.165, 1.54) is 74.1 Å². The summed E-state index contributed by atoms with van der Waals surface area (Å²) in [5, 5.41) is 0. The molecule has 0 saturated heterocycles. The minimum atomic E-state index is 0.947. The number of aryl methyl sites for hydroxylation is 2. The van der Waals surface area contributed by atoms with Gasteiger partial charge in [-0.15, -0.1) is 0 Å². The molecule has 0 aliphatic carbocycles. The van der Waals surface area contributed by atoms with Crippen LogP contribution in [0.25, 0.3) is 11.1 Å². The van der Waals surface area contributed by atoms with Crippen molar-refractivity contribution in [2.24, 2.45) is 0 Å². The summed E-state index contributed by atoms with van der Waals surface area (Å²) in [5.41, 5.74) is 14.6. The molecule has 2 nitrogen and oxygen atoms in total. The van der Waals surface area contributed by atoms with Crippen LogP contribution in [-0.4, -0.2) is 0 Å². The molecule has 8 aromatic carbocycles. The molecule has 0 spiro atoms. The van der Waals surface area contributed by atoms with Gasteiger partial charge >= 0.3 is 0 Å². The van der Waals surface area contributed by atoms with E-state index < -0.39 is 0 Å². The van der Waals surface area contributed by atoms with E-state index in [1.807, 2.05) is 35.3 Å². The summed E-state index contributed by atoms with van der Waals surface area (Å²) in [4.78, 5) is 12.7. The number of anilines is 6. The smallest absolute Gasteiger partial charge is 0.0612 e. The third-order valence-corrected chi connectivity index (χ3v) is 14.4. The lowest BCUT2D eigenvalue weighted by atomic mass is 10.0. The summed E-state index contributed by atoms with van der Waals surface area (Å²) in [6, 6.07) is 66.9. The van der Waals surface area contributed by atoms with Gasteiger partial charge in [0.2, 0.25) is 0 Å². The number of rotatable bonds is 7. The van der Waals surface area contributed by atoms with Crippen molar-refractivity contribution in [3.63, 3.8) is 0 Å². The van der Waals surface area contributed by atoms with E-state index in [0.29, 0.717) is 0 Å². The second kappa shape index (κ2) is 14.8. The lowest BCUT2D eigenvalue weighted by Gasteiger charge is -2.30. The Kier molecular flexibility index (Phi) is 9.22. The van der Waals surface area contributed by atoms with E-state index in [4.69, 9.17) is 0 Å². The van der Waals surface area contributed by atoms with Crippen molar-refractivity contribution in [3.8, 4) is 11.1 Å². The van der Waals surface area contributed by atoms with Crippen molar-refractivity contribution in [1.82, 2.24) is 0 Å². The van der Waals surface area contributed by atoms with Gasteiger partial charge < -0.3 is 9.80 Å². The first-order valence-electron chi connectivity index (χ1n) is 19.0. The maximum atomic E-state index is 2.42. The largest absolute Gasteiger partial charge is 0.309 e. The highest BCUT2D eigenvalue weighted by Crippen LogP contribution is 2.54. The molecule has 0 N–H and O–H groups in total. The summed E-state index contributed by atoms with van der Waals surface area (Å²) in [7, 11) is 0. The zero-order chi connectivity index (χ0) is 37.6. The Morgan fingerprint density at radius 1 is 0.339 bits per heavy atom. The molecule has 270 valence electrons. The van der Waals surface area contributed by atoms with E-state index in [1.54, 1.807) is 0 Å². The Labute approximate surface area is 342 Å². The van der Waals surface area contributed by atoms with Crippen LogP contribution < -0.4 is 9.80 Å². The average Bonchev–Trinajstić information content (AvgIpc) is 3.24. The molecule has 8 aromatic rings. The van der Waals surface area contributed by atoms with Crippen LogP contribution in [0.1, 0.15) is 22.3 Å². The summed E-state index contributed by atoms with van der Waals surface area (Å²) in [5.74, 6) is 0.